The van der Waals surface area contributed by atoms with Gasteiger partial charge in [0, 0.05) is 32.2 Å². The lowest BCUT2D eigenvalue weighted by Crippen LogP contribution is -2.31. The molecule has 0 radical (unpaired) electrons. The molecule has 42 heavy (non-hydrogen) atoms. The maximum Gasteiger partial charge on any atom is 0.158 e. The zero-order valence-electron chi connectivity index (χ0n) is 26.5. The number of unbranched alkanes of at least 4 members (excludes halogenated alkanes) is 2. The molecular formula is C35H60O7. The minimum absolute atomic E-state index is 0.0241. The maximum absolute atomic E-state index is 9.71. The van der Waals surface area contributed by atoms with Gasteiger partial charge in [0.25, 0.3) is 0 Å². The van der Waals surface area contributed by atoms with E-state index in [0.29, 0.717) is 0 Å². The fraction of sp³-hybridized carbons (Fsp3) is 0.886. The summed E-state index contributed by atoms with van der Waals surface area (Å²) in [7, 11) is 0. The van der Waals surface area contributed by atoms with Crippen LogP contribution in [0.1, 0.15) is 123 Å². The molecule has 9 atom stereocenters. The van der Waals surface area contributed by atoms with E-state index in [1.165, 1.54) is 19.3 Å². The van der Waals surface area contributed by atoms with Crippen molar-refractivity contribution in [3.8, 4) is 0 Å². The molecule has 0 amide bonds. The van der Waals surface area contributed by atoms with Crippen molar-refractivity contribution in [3.05, 3.63) is 24.3 Å². The molecule has 3 aliphatic heterocycles. The second-order valence-electron chi connectivity index (χ2n) is 12.9. The molecule has 7 heteroatoms. The molecule has 4 fully saturated rings. The third kappa shape index (κ3) is 11.9. The van der Waals surface area contributed by atoms with Crippen LogP contribution in [0.25, 0.3) is 0 Å². The van der Waals surface area contributed by atoms with Crippen LogP contribution in [0, 0.1) is 11.8 Å². The number of rotatable bonds is 17. The first-order valence-corrected chi connectivity index (χ1v) is 17.4. The average molecular weight is 593 g/mol. The van der Waals surface area contributed by atoms with Crippen LogP contribution in [0.3, 0.4) is 0 Å². The van der Waals surface area contributed by atoms with Gasteiger partial charge in [0.15, 0.2) is 18.9 Å². The van der Waals surface area contributed by atoms with Gasteiger partial charge in [0.05, 0.1) is 24.4 Å². The molecule has 7 nitrogen and oxygen atoms in total. The van der Waals surface area contributed by atoms with Gasteiger partial charge in [-0.05, 0) is 96.3 Å². The first-order valence-electron chi connectivity index (χ1n) is 17.4. The maximum atomic E-state index is 9.71. The molecule has 1 N–H and O–H groups in total. The molecule has 4 aliphatic rings. The van der Waals surface area contributed by atoms with Crippen LogP contribution in [0.4, 0.5) is 0 Å². The van der Waals surface area contributed by atoms with Gasteiger partial charge in [-0.15, -0.1) is 0 Å². The van der Waals surface area contributed by atoms with Crippen molar-refractivity contribution >= 4 is 0 Å². The highest BCUT2D eigenvalue weighted by atomic mass is 16.7. The van der Waals surface area contributed by atoms with Gasteiger partial charge in [-0.25, -0.2) is 0 Å². The molecule has 1 aliphatic carbocycles. The summed E-state index contributed by atoms with van der Waals surface area (Å²) in [6.07, 6.45) is 26.3. The zero-order chi connectivity index (χ0) is 29.4. The van der Waals surface area contributed by atoms with Crippen molar-refractivity contribution in [2.45, 2.75) is 166 Å². The molecule has 3 heterocycles. The second-order valence-corrected chi connectivity index (χ2v) is 12.9. The van der Waals surface area contributed by atoms with E-state index in [-0.39, 0.29) is 55.1 Å². The smallest absolute Gasteiger partial charge is 0.158 e. The highest BCUT2D eigenvalue weighted by Crippen LogP contribution is 2.42. The van der Waals surface area contributed by atoms with Gasteiger partial charge < -0.3 is 33.5 Å². The second kappa shape index (κ2) is 19.6. The monoisotopic (exact) mass is 592 g/mol. The molecule has 0 aromatic rings. The van der Waals surface area contributed by atoms with Crippen LogP contribution in [0.2, 0.25) is 0 Å². The highest BCUT2D eigenvalue weighted by Gasteiger charge is 2.45. The topological polar surface area (TPSA) is 75.6 Å². The summed E-state index contributed by atoms with van der Waals surface area (Å²) in [5.74, 6) is 0.459. The van der Waals surface area contributed by atoms with Gasteiger partial charge in [0.2, 0.25) is 0 Å². The lowest BCUT2D eigenvalue weighted by Gasteiger charge is -2.30. The zero-order valence-corrected chi connectivity index (χ0v) is 26.5. The molecule has 4 rings (SSSR count). The van der Waals surface area contributed by atoms with Crippen molar-refractivity contribution in [2.24, 2.45) is 11.8 Å². The minimum atomic E-state index is -0.276. The van der Waals surface area contributed by atoms with Crippen molar-refractivity contribution in [2.75, 3.05) is 19.8 Å². The predicted octanol–water partition coefficient (Wildman–Crippen LogP) is 7.60. The molecule has 0 bridgehead atoms. The summed E-state index contributed by atoms with van der Waals surface area (Å²) < 4.78 is 38.0. The third-order valence-electron chi connectivity index (χ3n) is 9.23. The highest BCUT2D eigenvalue weighted by molar-refractivity contribution is 5.07. The fourth-order valence-corrected chi connectivity index (χ4v) is 6.77. The fourth-order valence-electron chi connectivity index (χ4n) is 6.77. The first-order chi connectivity index (χ1) is 20.6. The van der Waals surface area contributed by atoms with Crippen LogP contribution in [0.15, 0.2) is 24.3 Å². The van der Waals surface area contributed by atoms with Crippen molar-refractivity contribution in [1.29, 1.82) is 0 Å². The number of aliphatic hydroxyl groups is 1. The SMILES string of the molecule is CCCCCC(C=C[C@@H]1[C@@H](CC=CCCC(C)O)[C@@H](OC2CCCCO2)C[C@H]1OC1CCCCO1)OC1CCCCO1. The molecule has 0 aromatic heterocycles. The van der Waals surface area contributed by atoms with E-state index in [2.05, 4.69) is 31.2 Å². The van der Waals surface area contributed by atoms with E-state index in [1.54, 1.807) is 0 Å². The first kappa shape index (κ1) is 34.1. The Hall–Kier alpha value is -0.800. The van der Waals surface area contributed by atoms with Crippen LogP contribution >= 0.6 is 0 Å². The Balaban J connectivity index is 1.51. The van der Waals surface area contributed by atoms with E-state index in [4.69, 9.17) is 28.4 Å². The number of hydrogen-bond acceptors (Lipinski definition) is 7. The van der Waals surface area contributed by atoms with E-state index in [9.17, 15) is 5.11 Å². The predicted molar refractivity (Wildman–Crippen MR) is 165 cm³/mol. The molecule has 3 saturated heterocycles. The van der Waals surface area contributed by atoms with E-state index < -0.39 is 0 Å². The number of ether oxygens (including phenoxy) is 6. The van der Waals surface area contributed by atoms with Crippen LogP contribution in [-0.4, -0.2) is 68.2 Å². The van der Waals surface area contributed by atoms with Crippen LogP contribution in [0.5, 0.6) is 0 Å². The summed E-state index contributed by atoms with van der Waals surface area (Å²) in [5, 5.41) is 9.71. The quantitative estimate of drug-likeness (QED) is 0.138. The lowest BCUT2D eigenvalue weighted by atomic mass is 9.89. The Bertz CT molecular complexity index is 752. The van der Waals surface area contributed by atoms with E-state index in [1.807, 2.05) is 6.92 Å². The van der Waals surface area contributed by atoms with Gasteiger partial charge in [-0.1, -0.05) is 50.5 Å². The molecule has 5 unspecified atom stereocenters. The molecule has 0 aromatic carbocycles. The van der Waals surface area contributed by atoms with Gasteiger partial charge in [0.1, 0.15) is 0 Å². The number of hydrogen-bond donors (Lipinski definition) is 1. The van der Waals surface area contributed by atoms with Crippen LogP contribution < -0.4 is 0 Å². The summed E-state index contributed by atoms with van der Waals surface area (Å²) in [5.41, 5.74) is 0. The summed E-state index contributed by atoms with van der Waals surface area (Å²) in [4.78, 5) is 0. The Morgan fingerprint density at radius 1 is 0.786 bits per heavy atom. The van der Waals surface area contributed by atoms with Crippen molar-refractivity contribution in [1.82, 2.24) is 0 Å². The van der Waals surface area contributed by atoms with Crippen molar-refractivity contribution < 1.29 is 33.5 Å². The summed E-state index contributed by atoms with van der Waals surface area (Å²) in [6.45, 7) is 6.45. The van der Waals surface area contributed by atoms with E-state index in [0.717, 1.165) is 110 Å². The standard InChI is InChI=1S/C35H60O7/c1-3-4-6-16-28(40-33-18-9-12-23-37-33)21-22-30-29(17-8-5-7-15-27(2)36)31(41-34-19-10-13-24-38-34)26-32(30)42-35-20-11-14-25-39-35/h5,8,21-22,27-36H,3-4,6-7,9-20,23-26H2,1-2H3/t27?,28?,29-,30-,31+,32-,33?,34?,35?/m1/s1. The van der Waals surface area contributed by atoms with Crippen LogP contribution in [-0.2, 0) is 28.4 Å². The van der Waals surface area contributed by atoms with E-state index >= 15 is 0 Å². The van der Waals surface area contributed by atoms with Gasteiger partial charge >= 0.3 is 0 Å². The molecule has 0 spiro atoms. The number of aliphatic hydroxyl groups excluding tert-OH is 1. The Labute approximate surface area is 255 Å². The van der Waals surface area contributed by atoms with Gasteiger partial charge in [-0.3, -0.25) is 0 Å². The number of allylic oxidation sites excluding steroid dienone is 2. The largest absolute Gasteiger partial charge is 0.393 e. The molecule has 1 saturated carbocycles. The average Bonchev–Trinajstić information content (AvgIpc) is 3.32. The Kier molecular flexibility index (Phi) is 15.9. The normalized spacial score (nSPS) is 34.3. The summed E-state index contributed by atoms with van der Waals surface area (Å²) in [6, 6.07) is 0. The minimum Gasteiger partial charge on any atom is -0.393 e. The van der Waals surface area contributed by atoms with Crippen molar-refractivity contribution in [3.63, 3.8) is 0 Å². The Morgan fingerprint density at radius 3 is 2.02 bits per heavy atom. The lowest BCUT2D eigenvalue weighted by molar-refractivity contribution is -0.203. The summed E-state index contributed by atoms with van der Waals surface area (Å²) >= 11 is 0. The van der Waals surface area contributed by atoms with Gasteiger partial charge in [-0.2, -0.15) is 0 Å². The third-order valence-corrected chi connectivity index (χ3v) is 9.23. The molecular weight excluding hydrogens is 532 g/mol. The molecule has 242 valence electrons. The Morgan fingerprint density at radius 2 is 1.43 bits per heavy atom.